The molecule has 6 nitrogen and oxygen atoms in total. The number of benzene rings is 1. The number of aromatic hydroxyl groups is 1. The van der Waals surface area contributed by atoms with Crippen LogP contribution in [0.3, 0.4) is 0 Å². The van der Waals surface area contributed by atoms with E-state index >= 15 is 0 Å². The molecule has 78 valence electrons. The number of nitrogens with zero attached hydrogens (tertiary/aromatic N) is 1. The molecule has 1 atom stereocenters. The van der Waals surface area contributed by atoms with E-state index in [1.807, 2.05) is 0 Å². The number of hydrogen-bond acceptors (Lipinski definition) is 5. The van der Waals surface area contributed by atoms with E-state index in [1.54, 1.807) is 12.1 Å². The van der Waals surface area contributed by atoms with Crippen molar-refractivity contribution in [1.82, 2.24) is 0 Å². The molecule has 0 bridgehead atoms. The molecule has 7 heteroatoms. The van der Waals surface area contributed by atoms with Crippen LogP contribution in [-0.4, -0.2) is 28.7 Å². The third-order valence-corrected chi connectivity index (χ3v) is 2.32. The summed E-state index contributed by atoms with van der Waals surface area (Å²) in [6.45, 7) is -0.423. The molecule has 0 amide bonds. The van der Waals surface area contributed by atoms with Gasteiger partial charge in [-0.1, -0.05) is 12.1 Å². The first kappa shape index (κ1) is 9.94. The molecule has 15 heavy (non-hydrogen) atoms. The lowest BCUT2D eigenvalue weighted by Gasteiger charge is -2.06. The number of rotatable bonds is 2. The summed E-state index contributed by atoms with van der Waals surface area (Å²) in [5.74, 6) is -0.106. The number of hydrogen-bond donors (Lipinski definition) is 2. The van der Waals surface area contributed by atoms with Crippen molar-refractivity contribution < 1.29 is 19.7 Å². The Balaban J connectivity index is 2.38. The van der Waals surface area contributed by atoms with Crippen LogP contribution in [0.5, 0.6) is 5.75 Å². The predicted octanol–water partition coefficient (Wildman–Crippen LogP) is -0.572. The van der Waals surface area contributed by atoms with Crippen molar-refractivity contribution in [3.63, 3.8) is 0 Å². The minimum atomic E-state index is -1.29. The highest BCUT2D eigenvalue weighted by molar-refractivity contribution is 6.62. The lowest BCUT2D eigenvalue weighted by molar-refractivity contribution is -0.490. The lowest BCUT2D eigenvalue weighted by atomic mass is 9.78. The molecular formula is C8H8BNO5. The highest BCUT2D eigenvalue weighted by Crippen LogP contribution is 2.26. The van der Waals surface area contributed by atoms with E-state index in [9.17, 15) is 20.2 Å². The van der Waals surface area contributed by atoms with Crippen molar-refractivity contribution in [3.05, 3.63) is 33.9 Å². The fourth-order valence-electron chi connectivity index (χ4n) is 1.69. The SMILES string of the molecule is O=[N+]([O-])CC1OB(O)c2c(O)cccc21. The average Bonchev–Trinajstić information content (AvgIpc) is 2.44. The zero-order valence-electron chi connectivity index (χ0n) is 7.66. The Morgan fingerprint density at radius 3 is 3.00 bits per heavy atom. The van der Waals surface area contributed by atoms with E-state index in [-0.39, 0.29) is 11.2 Å². The van der Waals surface area contributed by atoms with Gasteiger partial charge in [0.25, 0.3) is 0 Å². The van der Waals surface area contributed by atoms with E-state index in [4.69, 9.17) is 4.65 Å². The van der Waals surface area contributed by atoms with Crippen LogP contribution in [0.25, 0.3) is 0 Å². The summed E-state index contributed by atoms with van der Waals surface area (Å²) in [7, 11) is -1.29. The fraction of sp³-hybridized carbons (Fsp3) is 0.250. The van der Waals surface area contributed by atoms with Crippen molar-refractivity contribution in [3.8, 4) is 5.75 Å². The Bertz CT molecular complexity index is 410. The Morgan fingerprint density at radius 1 is 1.60 bits per heavy atom. The second-order valence-corrected chi connectivity index (χ2v) is 3.27. The molecule has 1 aliphatic rings. The highest BCUT2D eigenvalue weighted by atomic mass is 16.6. The van der Waals surface area contributed by atoms with E-state index in [0.717, 1.165) is 0 Å². The maximum absolute atomic E-state index is 10.3. The number of phenols is 1. The molecule has 1 aromatic carbocycles. The van der Waals surface area contributed by atoms with Gasteiger partial charge in [0.15, 0.2) is 0 Å². The average molecular weight is 209 g/mol. The maximum Gasteiger partial charge on any atom is 0.496 e. The first-order valence-corrected chi connectivity index (χ1v) is 4.36. The van der Waals surface area contributed by atoms with Gasteiger partial charge in [0, 0.05) is 10.4 Å². The quantitative estimate of drug-likeness (QED) is 0.386. The van der Waals surface area contributed by atoms with Gasteiger partial charge in [-0.3, -0.25) is 10.1 Å². The molecule has 2 rings (SSSR count). The van der Waals surface area contributed by atoms with Crippen molar-refractivity contribution in [2.45, 2.75) is 6.10 Å². The van der Waals surface area contributed by atoms with Gasteiger partial charge in [-0.05, 0) is 11.6 Å². The lowest BCUT2D eigenvalue weighted by Crippen LogP contribution is -2.28. The molecule has 0 radical (unpaired) electrons. The summed E-state index contributed by atoms with van der Waals surface area (Å²) >= 11 is 0. The summed E-state index contributed by atoms with van der Waals surface area (Å²) in [5.41, 5.74) is 0.698. The van der Waals surface area contributed by atoms with Gasteiger partial charge in [-0.2, -0.15) is 0 Å². The normalized spacial score (nSPS) is 19.0. The molecule has 0 fully saturated rings. The summed E-state index contributed by atoms with van der Waals surface area (Å²) in [4.78, 5) is 9.82. The summed E-state index contributed by atoms with van der Waals surface area (Å²) in [6, 6.07) is 4.56. The van der Waals surface area contributed by atoms with Crippen LogP contribution >= 0.6 is 0 Å². The molecule has 0 aliphatic carbocycles. The minimum absolute atomic E-state index is 0.106. The molecule has 0 spiro atoms. The van der Waals surface area contributed by atoms with E-state index in [1.165, 1.54) is 6.07 Å². The van der Waals surface area contributed by atoms with E-state index in [0.29, 0.717) is 5.56 Å². The number of fused-ring (bicyclic) bond motifs is 1. The van der Waals surface area contributed by atoms with Crippen LogP contribution in [0.1, 0.15) is 11.7 Å². The van der Waals surface area contributed by atoms with Crippen LogP contribution in [0.4, 0.5) is 0 Å². The fourth-order valence-corrected chi connectivity index (χ4v) is 1.69. The molecule has 0 saturated carbocycles. The van der Waals surface area contributed by atoms with Gasteiger partial charge in [-0.15, -0.1) is 0 Å². The molecule has 0 aromatic heterocycles. The highest BCUT2D eigenvalue weighted by Gasteiger charge is 2.39. The molecule has 0 saturated heterocycles. The number of phenolic OH excluding ortho intramolecular Hbond substituents is 1. The maximum atomic E-state index is 10.3. The zero-order valence-corrected chi connectivity index (χ0v) is 7.66. The standard InChI is InChI=1S/C8H8BNO5/c11-6-3-1-2-5-7(4-10(13)14)15-9(12)8(5)6/h1-3,7,11-12H,4H2. The summed E-state index contributed by atoms with van der Waals surface area (Å²) in [6.07, 6.45) is -0.794. The van der Waals surface area contributed by atoms with Crippen LogP contribution in [0.15, 0.2) is 18.2 Å². The first-order valence-electron chi connectivity index (χ1n) is 4.36. The zero-order chi connectivity index (χ0) is 11.0. The van der Waals surface area contributed by atoms with Crippen molar-refractivity contribution >= 4 is 12.6 Å². The third kappa shape index (κ3) is 1.66. The molecule has 1 aliphatic heterocycles. The van der Waals surface area contributed by atoms with Crippen molar-refractivity contribution in [1.29, 1.82) is 0 Å². The van der Waals surface area contributed by atoms with Gasteiger partial charge < -0.3 is 14.8 Å². The van der Waals surface area contributed by atoms with Gasteiger partial charge >= 0.3 is 7.12 Å². The Morgan fingerprint density at radius 2 is 2.33 bits per heavy atom. The van der Waals surface area contributed by atoms with Gasteiger partial charge in [0.2, 0.25) is 6.54 Å². The second kappa shape index (κ2) is 3.52. The summed E-state index contributed by atoms with van der Waals surface area (Å²) in [5, 5.41) is 29.2. The molecule has 1 unspecified atom stereocenters. The molecule has 2 N–H and O–H groups in total. The van der Waals surface area contributed by atoms with E-state index < -0.39 is 24.7 Å². The van der Waals surface area contributed by atoms with Crippen LogP contribution in [0, 0.1) is 10.1 Å². The molecular weight excluding hydrogens is 201 g/mol. The largest absolute Gasteiger partial charge is 0.508 e. The minimum Gasteiger partial charge on any atom is -0.508 e. The Kier molecular flexibility index (Phi) is 2.33. The molecule has 1 aromatic rings. The van der Waals surface area contributed by atoms with E-state index in [2.05, 4.69) is 0 Å². The summed E-state index contributed by atoms with van der Waals surface area (Å²) < 4.78 is 4.98. The van der Waals surface area contributed by atoms with Crippen molar-refractivity contribution in [2.75, 3.05) is 6.54 Å². The Hall–Kier alpha value is -1.60. The molecule has 1 heterocycles. The van der Waals surface area contributed by atoms with Crippen LogP contribution in [-0.2, 0) is 4.65 Å². The monoisotopic (exact) mass is 209 g/mol. The van der Waals surface area contributed by atoms with Gasteiger partial charge in [-0.25, -0.2) is 0 Å². The second-order valence-electron chi connectivity index (χ2n) is 3.27. The van der Waals surface area contributed by atoms with Crippen molar-refractivity contribution in [2.24, 2.45) is 0 Å². The van der Waals surface area contributed by atoms with Crippen LogP contribution in [0.2, 0.25) is 0 Å². The first-order chi connectivity index (χ1) is 7.09. The topological polar surface area (TPSA) is 92.8 Å². The van der Waals surface area contributed by atoms with Crippen LogP contribution < -0.4 is 5.46 Å². The van der Waals surface area contributed by atoms with Gasteiger partial charge in [0.05, 0.1) is 0 Å². The Labute approximate surface area is 85.4 Å². The third-order valence-electron chi connectivity index (χ3n) is 2.32. The smallest absolute Gasteiger partial charge is 0.496 e. The predicted molar refractivity (Wildman–Crippen MR) is 51.4 cm³/mol. The van der Waals surface area contributed by atoms with Gasteiger partial charge in [0.1, 0.15) is 11.9 Å². The number of nitro groups is 1.